The highest BCUT2D eigenvalue weighted by atomic mass is 16.6. The Labute approximate surface area is 150 Å². The van der Waals surface area contributed by atoms with Crippen LogP contribution in [0.25, 0.3) is 0 Å². The molecule has 0 unspecified atom stereocenters. The third kappa shape index (κ3) is 20.9. The second-order valence-electron chi connectivity index (χ2n) is 6.03. The van der Waals surface area contributed by atoms with Gasteiger partial charge >= 0.3 is 5.97 Å². The molecule has 8 nitrogen and oxygen atoms in total. The summed E-state index contributed by atoms with van der Waals surface area (Å²) in [6.07, 6.45) is 0.940. The van der Waals surface area contributed by atoms with Crippen molar-refractivity contribution in [1.29, 1.82) is 0 Å². The minimum absolute atomic E-state index is 0.0991. The van der Waals surface area contributed by atoms with Gasteiger partial charge in [-0.05, 0) is 20.8 Å². The van der Waals surface area contributed by atoms with Crippen molar-refractivity contribution in [3.05, 3.63) is 0 Å². The maximum Gasteiger partial charge on any atom is 0.308 e. The van der Waals surface area contributed by atoms with Gasteiger partial charge in [0.25, 0.3) is 0 Å². The molecule has 0 aliphatic heterocycles. The van der Waals surface area contributed by atoms with E-state index in [0.717, 1.165) is 0 Å². The van der Waals surface area contributed by atoms with Gasteiger partial charge in [-0.1, -0.05) is 0 Å². The molecule has 0 atom stereocenters. The first-order chi connectivity index (χ1) is 12.0. The number of carbonyl (C=O) groups is 2. The van der Waals surface area contributed by atoms with E-state index in [2.05, 4.69) is 0 Å². The van der Waals surface area contributed by atoms with Crippen LogP contribution in [0.4, 0.5) is 0 Å². The summed E-state index contributed by atoms with van der Waals surface area (Å²) in [6.45, 7) is 9.51. The van der Waals surface area contributed by atoms with Crippen molar-refractivity contribution >= 4 is 12.3 Å². The highest BCUT2D eigenvalue weighted by molar-refractivity contribution is 5.69. The summed E-state index contributed by atoms with van der Waals surface area (Å²) in [4.78, 5) is 21.4. The van der Waals surface area contributed by atoms with Gasteiger partial charge in [0, 0.05) is 0 Å². The molecule has 0 radical (unpaired) electrons. The molecule has 0 heterocycles. The lowest BCUT2D eigenvalue weighted by Crippen LogP contribution is -2.24. The van der Waals surface area contributed by atoms with E-state index in [1.54, 1.807) is 0 Å². The maximum atomic E-state index is 11.4. The molecule has 0 aliphatic carbocycles. The fraction of sp³-hybridized carbons (Fsp3) is 0.882. The molecule has 0 aliphatic rings. The van der Waals surface area contributed by atoms with E-state index in [9.17, 15) is 9.59 Å². The van der Waals surface area contributed by atoms with Crippen LogP contribution >= 0.6 is 0 Å². The molecule has 0 amide bonds. The third-order valence-electron chi connectivity index (χ3n) is 2.54. The first kappa shape index (κ1) is 23.9. The van der Waals surface area contributed by atoms with Crippen LogP contribution in [0.1, 0.15) is 27.2 Å². The smallest absolute Gasteiger partial charge is 0.308 e. The Hall–Kier alpha value is -1.06. The predicted molar refractivity (Wildman–Crippen MR) is 90.6 cm³/mol. The van der Waals surface area contributed by atoms with Crippen molar-refractivity contribution < 1.29 is 38.0 Å². The van der Waals surface area contributed by atoms with Gasteiger partial charge in [0.1, 0.15) is 18.5 Å². The van der Waals surface area contributed by atoms with Crippen molar-refractivity contribution in [2.24, 2.45) is 0 Å². The summed E-state index contributed by atoms with van der Waals surface area (Å²) < 4.78 is 31.3. The number of rotatable bonds is 17. The topological polar surface area (TPSA) is 89.5 Å². The molecule has 148 valence electrons. The molecule has 0 N–H and O–H groups in total. The number of esters is 1. The predicted octanol–water partition coefficient (Wildman–Crippen LogP) is 1.00. The van der Waals surface area contributed by atoms with Gasteiger partial charge < -0.3 is 33.2 Å². The van der Waals surface area contributed by atoms with Gasteiger partial charge in [0.05, 0.1) is 65.9 Å². The lowest BCUT2D eigenvalue weighted by Gasteiger charge is -2.19. The molecule has 25 heavy (non-hydrogen) atoms. The summed E-state index contributed by atoms with van der Waals surface area (Å²) in [5.74, 6) is -0.265. The van der Waals surface area contributed by atoms with E-state index in [1.807, 2.05) is 20.8 Å². The summed E-state index contributed by atoms with van der Waals surface area (Å²) in [6, 6.07) is 0. The number of hydrogen-bond donors (Lipinski definition) is 0. The highest BCUT2D eigenvalue weighted by Gasteiger charge is 2.15. The summed E-state index contributed by atoms with van der Waals surface area (Å²) >= 11 is 0. The SMILES string of the molecule is CC(C)(C)OC(=O)CCOCCOCCOCCOCCOCC=O. The Morgan fingerprint density at radius 1 is 0.720 bits per heavy atom. The zero-order valence-electron chi connectivity index (χ0n) is 15.6. The molecule has 0 saturated heterocycles. The molecule has 0 fully saturated rings. The van der Waals surface area contributed by atoms with Crippen LogP contribution in [0.15, 0.2) is 0 Å². The first-order valence-corrected chi connectivity index (χ1v) is 8.50. The lowest BCUT2D eigenvalue weighted by molar-refractivity contribution is -0.156. The Morgan fingerprint density at radius 3 is 1.52 bits per heavy atom. The molecule has 0 bridgehead atoms. The van der Waals surface area contributed by atoms with E-state index in [4.69, 9.17) is 28.4 Å². The minimum atomic E-state index is -0.463. The van der Waals surface area contributed by atoms with Crippen LogP contribution in [0.5, 0.6) is 0 Å². The Balaban J connectivity index is 3.14. The molecule has 0 aromatic rings. The van der Waals surface area contributed by atoms with Crippen LogP contribution in [0.2, 0.25) is 0 Å². The normalized spacial score (nSPS) is 11.5. The summed E-state index contributed by atoms with van der Waals surface area (Å²) in [7, 11) is 0. The quantitative estimate of drug-likeness (QED) is 0.215. The van der Waals surface area contributed by atoms with Crippen molar-refractivity contribution in [3.8, 4) is 0 Å². The Morgan fingerprint density at radius 2 is 1.12 bits per heavy atom. The molecule has 0 rings (SSSR count). The number of aldehydes is 1. The number of hydrogen-bond acceptors (Lipinski definition) is 8. The fourth-order valence-electron chi connectivity index (χ4n) is 1.56. The average Bonchev–Trinajstić information content (AvgIpc) is 2.53. The zero-order chi connectivity index (χ0) is 18.8. The average molecular weight is 364 g/mol. The fourth-order valence-corrected chi connectivity index (χ4v) is 1.56. The van der Waals surface area contributed by atoms with E-state index in [-0.39, 0.29) is 19.0 Å². The highest BCUT2D eigenvalue weighted by Crippen LogP contribution is 2.07. The van der Waals surface area contributed by atoms with Crippen molar-refractivity contribution in [2.45, 2.75) is 32.8 Å². The van der Waals surface area contributed by atoms with Crippen LogP contribution in [-0.4, -0.2) is 83.9 Å². The molecular formula is C17H32O8. The Bertz CT molecular complexity index is 327. The number of carbonyl (C=O) groups excluding carboxylic acids is 2. The van der Waals surface area contributed by atoms with Crippen LogP contribution in [-0.2, 0) is 38.0 Å². The van der Waals surface area contributed by atoms with Crippen LogP contribution < -0.4 is 0 Å². The molecular weight excluding hydrogens is 332 g/mol. The van der Waals surface area contributed by atoms with Gasteiger partial charge in [-0.25, -0.2) is 0 Å². The van der Waals surface area contributed by atoms with E-state index in [0.29, 0.717) is 65.7 Å². The van der Waals surface area contributed by atoms with Crippen LogP contribution in [0, 0.1) is 0 Å². The molecule has 0 spiro atoms. The second kappa shape index (κ2) is 16.4. The molecule has 0 aromatic heterocycles. The van der Waals surface area contributed by atoms with Gasteiger partial charge in [0.2, 0.25) is 0 Å². The maximum absolute atomic E-state index is 11.4. The standard InChI is InChI=1S/C17H32O8/c1-17(2,3)25-16(19)4-6-20-8-10-22-12-14-24-15-13-23-11-9-21-7-5-18/h5H,4,6-15H2,1-3H3. The van der Waals surface area contributed by atoms with Gasteiger partial charge in [-0.15, -0.1) is 0 Å². The van der Waals surface area contributed by atoms with Crippen molar-refractivity contribution in [3.63, 3.8) is 0 Å². The van der Waals surface area contributed by atoms with E-state index >= 15 is 0 Å². The van der Waals surface area contributed by atoms with Crippen molar-refractivity contribution in [2.75, 3.05) is 66.1 Å². The van der Waals surface area contributed by atoms with Crippen LogP contribution in [0.3, 0.4) is 0 Å². The van der Waals surface area contributed by atoms with Gasteiger partial charge in [-0.3, -0.25) is 4.79 Å². The zero-order valence-corrected chi connectivity index (χ0v) is 15.6. The Kier molecular flexibility index (Phi) is 15.7. The molecule has 0 saturated carbocycles. The lowest BCUT2D eigenvalue weighted by atomic mass is 10.2. The van der Waals surface area contributed by atoms with E-state index in [1.165, 1.54) is 0 Å². The van der Waals surface area contributed by atoms with E-state index < -0.39 is 5.60 Å². The third-order valence-corrected chi connectivity index (χ3v) is 2.54. The minimum Gasteiger partial charge on any atom is -0.460 e. The monoisotopic (exact) mass is 364 g/mol. The molecule has 8 heteroatoms. The first-order valence-electron chi connectivity index (χ1n) is 8.50. The summed E-state index contributed by atoms with van der Waals surface area (Å²) in [5.41, 5.74) is -0.463. The summed E-state index contributed by atoms with van der Waals surface area (Å²) in [5, 5.41) is 0. The van der Waals surface area contributed by atoms with Gasteiger partial charge in [0.15, 0.2) is 0 Å². The number of ether oxygens (including phenoxy) is 6. The van der Waals surface area contributed by atoms with Crippen molar-refractivity contribution in [1.82, 2.24) is 0 Å². The van der Waals surface area contributed by atoms with Gasteiger partial charge in [-0.2, -0.15) is 0 Å². The second-order valence-corrected chi connectivity index (χ2v) is 6.03. The molecule has 0 aromatic carbocycles. The largest absolute Gasteiger partial charge is 0.460 e.